The van der Waals surface area contributed by atoms with Crippen LogP contribution < -0.4 is 0 Å². The Labute approximate surface area is 127 Å². The van der Waals surface area contributed by atoms with Crippen LogP contribution in [0.2, 0.25) is 5.02 Å². The van der Waals surface area contributed by atoms with E-state index in [0.717, 1.165) is 21.8 Å². The molecular formula is C17H13ClOS. The lowest BCUT2D eigenvalue weighted by atomic mass is 10.1. The molecule has 1 aliphatic heterocycles. The monoisotopic (exact) mass is 300 g/mol. The number of thioether (sulfide) groups is 1. The Bertz CT molecular complexity index is 701. The summed E-state index contributed by atoms with van der Waals surface area (Å²) in [4.78, 5) is 13.9. The molecule has 0 aliphatic carbocycles. The first-order valence-electron chi connectivity index (χ1n) is 6.50. The first kappa shape index (κ1) is 13.5. The minimum atomic E-state index is 0.0621. The van der Waals surface area contributed by atoms with E-state index in [1.54, 1.807) is 0 Å². The van der Waals surface area contributed by atoms with Gasteiger partial charge in [-0.3, -0.25) is 4.79 Å². The Morgan fingerprint density at radius 1 is 1.15 bits per heavy atom. The van der Waals surface area contributed by atoms with Crippen molar-refractivity contribution >= 4 is 35.2 Å². The molecule has 0 N–H and O–H groups in total. The molecule has 100 valence electrons. The normalized spacial score (nSPS) is 15.7. The predicted octanol–water partition coefficient (Wildman–Crippen LogP) is 5.23. The van der Waals surface area contributed by atoms with Crippen LogP contribution in [-0.2, 0) is 6.42 Å². The second-order valence-corrected chi connectivity index (χ2v) is 6.11. The van der Waals surface area contributed by atoms with Crippen molar-refractivity contribution in [1.82, 2.24) is 0 Å². The molecule has 0 radical (unpaired) electrons. The number of benzene rings is 2. The maximum Gasteiger partial charge on any atom is 0.200 e. The molecule has 3 rings (SSSR count). The van der Waals surface area contributed by atoms with Gasteiger partial charge in [0, 0.05) is 10.5 Å². The van der Waals surface area contributed by atoms with Gasteiger partial charge in [0.15, 0.2) is 0 Å². The summed E-state index contributed by atoms with van der Waals surface area (Å²) in [5.74, 6) is 0.0621. The Hall–Kier alpha value is -1.51. The number of halogens is 1. The number of hydrogen-bond donors (Lipinski definition) is 0. The highest BCUT2D eigenvalue weighted by Crippen LogP contribution is 2.44. The van der Waals surface area contributed by atoms with E-state index in [0.29, 0.717) is 10.6 Å². The molecule has 2 aromatic rings. The van der Waals surface area contributed by atoms with Crippen molar-refractivity contribution < 1.29 is 4.79 Å². The molecule has 2 aromatic carbocycles. The fraction of sp³-hybridized carbons (Fsp3) is 0.118. The van der Waals surface area contributed by atoms with Gasteiger partial charge in [0.25, 0.3) is 0 Å². The van der Waals surface area contributed by atoms with Gasteiger partial charge in [0.1, 0.15) is 0 Å². The van der Waals surface area contributed by atoms with Crippen molar-refractivity contribution in [3.05, 3.63) is 69.1 Å². The number of Topliss-reactive ketones (excluding diaryl/α,β-unsaturated/α-hetero) is 1. The number of ketones is 1. The summed E-state index contributed by atoms with van der Waals surface area (Å²) in [5.41, 5.74) is 3.05. The molecule has 0 bridgehead atoms. The molecule has 0 atom stereocenters. The number of allylic oxidation sites excluding steroid dienone is 1. The molecule has 20 heavy (non-hydrogen) atoms. The molecule has 1 heterocycles. The van der Waals surface area contributed by atoms with Gasteiger partial charge in [-0.2, -0.15) is 0 Å². The smallest absolute Gasteiger partial charge is 0.200 e. The van der Waals surface area contributed by atoms with Crippen LogP contribution in [0.1, 0.15) is 28.4 Å². The molecule has 0 saturated carbocycles. The standard InChI is InChI=1S/C17H13ClOS/c1-2-11-6-8-12(9-7-11)10-15-16(19)13-4-3-5-14(18)17(13)20-15/h3-10H,2H2,1H3. The summed E-state index contributed by atoms with van der Waals surface area (Å²) in [6.45, 7) is 2.13. The van der Waals surface area contributed by atoms with Crippen LogP contribution in [0.3, 0.4) is 0 Å². The van der Waals surface area contributed by atoms with E-state index in [2.05, 4.69) is 19.1 Å². The Morgan fingerprint density at radius 2 is 1.90 bits per heavy atom. The number of rotatable bonds is 2. The van der Waals surface area contributed by atoms with Gasteiger partial charge in [0.2, 0.25) is 5.78 Å². The summed E-state index contributed by atoms with van der Waals surface area (Å²) >= 11 is 7.60. The molecule has 3 heteroatoms. The number of carbonyl (C=O) groups excluding carboxylic acids is 1. The zero-order chi connectivity index (χ0) is 14.1. The SMILES string of the molecule is CCc1ccc(C=C2Sc3c(Cl)cccc3C2=O)cc1. The number of carbonyl (C=O) groups is 1. The summed E-state index contributed by atoms with van der Waals surface area (Å²) in [7, 11) is 0. The van der Waals surface area contributed by atoms with E-state index in [-0.39, 0.29) is 5.78 Å². The molecule has 1 nitrogen and oxygen atoms in total. The van der Waals surface area contributed by atoms with Gasteiger partial charge in [-0.25, -0.2) is 0 Å². The van der Waals surface area contributed by atoms with Crippen molar-refractivity contribution in [2.24, 2.45) is 0 Å². The van der Waals surface area contributed by atoms with Crippen LogP contribution in [0.4, 0.5) is 0 Å². The molecule has 0 saturated heterocycles. The molecule has 1 aliphatic rings. The third kappa shape index (κ3) is 2.41. The fourth-order valence-corrected chi connectivity index (χ4v) is 3.52. The third-order valence-corrected chi connectivity index (χ3v) is 4.93. The van der Waals surface area contributed by atoms with Crippen molar-refractivity contribution in [3.8, 4) is 0 Å². The van der Waals surface area contributed by atoms with Gasteiger partial charge < -0.3 is 0 Å². The van der Waals surface area contributed by atoms with E-state index in [1.807, 2.05) is 36.4 Å². The minimum Gasteiger partial charge on any atom is -0.288 e. The fourth-order valence-electron chi connectivity index (χ4n) is 2.18. The van der Waals surface area contributed by atoms with Gasteiger partial charge in [0.05, 0.1) is 9.93 Å². The maximum absolute atomic E-state index is 12.3. The molecular weight excluding hydrogens is 288 g/mol. The van der Waals surface area contributed by atoms with Gasteiger partial charge in [-0.1, -0.05) is 60.6 Å². The average Bonchev–Trinajstić information content (AvgIpc) is 2.79. The first-order chi connectivity index (χ1) is 9.69. The Morgan fingerprint density at radius 3 is 2.55 bits per heavy atom. The number of aryl methyl sites for hydroxylation is 1. The van der Waals surface area contributed by atoms with E-state index in [4.69, 9.17) is 11.6 Å². The van der Waals surface area contributed by atoms with Crippen LogP contribution >= 0.6 is 23.4 Å². The zero-order valence-electron chi connectivity index (χ0n) is 11.0. The number of hydrogen-bond acceptors (Lipinski definition) is 2. The highest BCUT2D eigenvalue weighted by Gasteiger charge is 2.27. The highest BCUT2D eigenvalue weighted by atomic mass is 35.5. The van der Waals surface area contributed by atoms with Crippen molar-refractivity contribution in [2.75, 3.05) is 0 Å². The lowest BCUT2D eigenvalue weighted by Crippen LogP contribution is -1.93. The van der Waals surface area contributed by atoms with E-state index >= 15 is 0 Å². The molecule has 0 aromatic heterocycles. The lowest BCUT2D eigenvalue weighted by molar-refractivity contribution is 0.104. The number of fused-ring (bicyclic) bond motifs is 1. The summed E-state index contributed by atoms with van der Waals surface area (Å²) in [5, 5.41) is 0.644. The van der Waals surface area contributed by atoms with Gasteiger partial charge in [-0.05, 0) is 35.8 Å². The summed E-state index contributed by atoms with van der Waals surface area (Å²) in [6.07, 6.45) is 2.95. The van der Waals surface area contributed by atoms with Gasteiger partial charge >= 0.3 is 0 Å². The van der Waals surface area contributed by atoms with E-state index in [9.17, 15) is 4.79 Å². The van der Waals surface area contributed by atoms with Crippen molar-refractivity contribution in [1.29, 1.82) is 0 Å². The topological polar surface area (TPSA) is 17.1 Å². The first-order valence-corrected chi connectivity index (χ1v) is 7.70. The highest BCUT2D eigenvalue weighted by molar-refractivity contribution is 8.05. The molecule has 0 unspecified atom stereocenters. The quantitative estimate of drug-likeness (QED) is 0.706. The third-order valence-electron chi connectivity index (χ3n) is 3.33. The molecule has 0 spiro atoms. The van der Waals surface area contributed by atoms with Crippen LogP contribution in [0.5, 0.6) is 0 Å². The molecule has 0 fully saturated rings. The van der Waals surface area contributed by atoms with Gasteiger partial charge in [-0.15, -0.1) is 0 Å². The molecule has 0 amide bonds. The van der Waals surface area contributed by atoms with E-state index < -0.39 is 0 Å². The Kier molecular flexibility index (Phi) is 3.68. The zero-order valence-corrected chi connectivity index (χ0v) is 12.6. The minimum absolute atomic E-state index is 0.0621. The largest absolute Gasteiger partial charge is 0.288 e. The maximum atomic E-state index is 12.3. The van der Waals surface area contributed by atoms with Crippen molar-refractivity contribution in [3.63, 3.8) is 0 Å². The summed E-state index contributed by atoms with van der Waals surface area (Å²) in [6, 6.07) is 13.7. The lowest BCUT2D eigenvalue weighted by Gasteiger charge is -1.99. The Balaban J connectivity index is 1.95. The van der Waals surface area contributed by atoms with E-state index in [1.165, 1.54) is 17.3 Å². The van der Waals surface area contributed by atoms with Crippen LogP contribution in [0.25, 0.3) is 6.08 Å². The van der Waals surface area contributed by atoms with Crippen LogP contribution in [0.15, 0.2) is 52.3 Å². The second kappa shape index (κ2) is 5.47. The predicted molar refractivity (Wildman–Crippen MR) is 85.4 cm³/mol. The second-order valence-electron chi connectivity index (χ2n) is 4.65. The van der Waals surface area contributed by atoms with Crippen LogP contribution in [-0.4, -0.2) is 5.78 Å². The van der Waals surface area contributed by atoms with Crippen molar-refractivity contribution in [2.45, 2.75) is 18.2 Å². The average molecular weight is 301 g/mol. The summed E-state index contributed by atoms with van der Waals surface area (Å²) < 4.78 is 0. The van der Waals surface area contributed by atoms with Crippen LogP contribution in [0, 0.1) is 0 Å².